The van der Waals surface area contributed by atoms with E-state index in [-0.39, 0.29) is 30.5 Å². The summed E-state index contributed by atoms with van der Waals surface area (Å²) in [6, 6.07) is 15.1. The summed E-state index contributed by atoms with van der Waals surface area (Å²) in [4.78, 5) is 13.9. The Morgan fingerprint density at radius 1 is 1.09 bits per heavy atom. The van der Waals surface area contributed by atoms with E-state index in [0.717, 1.165) is 5.56 Å². The first-order chi connectivity index (χ1) is 16.0. The van der Waals surface area contributed by atoms with Gasteiger partial charge in [0.15, 0.2) is 23.9 Å². The molecule has 1 amide bonds. The summed E-state index contributed by atoms with van der Waals surface area (Å²) >= 11 is 0. The molecule has 0 aliphatic carbocycles. The van der Waals surface area contributed by atoms with Crippen molar-refractivity contribution in [3.05, 3.63) is 66.5 Å². The Bertz CT molecular complexity index is 1230. The van der Waals surface area contributed by atoms with Crippen LogP contribution >= 0.6 is 0 Å². The molecular formula is C21H19F2N7O3. The van der Waals surface area contributed by atoms with Crippen LogP contribution in [0.4, 0.5) is 14.5 Å². The van der Waals surface area contributed by atoms with E-state index in [1.54, 1.807) is 13.1 Å². The lowest BCUT2D eigenvalue weighted by molar-refractivity contribution is -0.0514. The molecule has 0 saturated heterocycles. The number of carbonyl (C=O) groups is 1. The minimum Gasteiger partial charge on any atom is -0.490 e. The normalized spacial score (nSPS) is 10.9. The second-order valence-corrected chi connectivity index (χ2v) is 6.66. The van der Waals surface area contributed by atoms with Crippen LogP contribution in [0.15, 0.2) is 60.8 Å². The van der Waals surface area contributed by atoms with Crippen molar-refractivity contribution in [3.63, 3.8) is 0 Å². The SMILES string of the molecule is CCOc1cc(NC(=O)c2ccn(Cn3nnc(-c4ccccc4)n3)n2)ccc1OC(F)F. The molecule has 4 rings (SSSR count). The highest BCUT2D eigenvalue weighted by Crippen LogP contribution is 2.32. The lowest BCUT2D eigenvalue weighted by atomic mass is 10.2. The van der Waals surface area contributed by atoms with E-state index < -0.39 is 12.5 Å². The molecule has 0 atom stereocenters. The first-order valence-corrected chi connectivity index (χ1v) is 9.91. The highest BCUT2D eigenvalue weighted by atomic mass is 19.3. The van der Waals surface area contributed by atoms with Gasteiger partial charge in [0.25, 0.3) is 5.91 Å². The highest BCUT2D eigenvalue weighted by Gasteiger charge is 2.15. The van der Waals surface area contributed by atoms with Crippen molar-refractivity contribution in [2.24, 2.45) is 0 Å². The van der Waals surface area contributed by atoms with E-state index in [1.165, 1.54) is 33.7 Å². The number of alkyl halides is 2. The molecule has 0 fully saturated rings. The number of nitrogens with one attached hydrogen (secondary N) is 1. The van der Waals surface area contributed by atoms with E-state index >= 15 is 0 Å². The van der Waals surface area contributed by atoms with Crippen molar-refractivity contribution >= 4 is 11.6 Å². The molecule has 2 aromatic heterocycles. The molecule has 0 aliphatic heterocycles. The van der Waals surface area contributed by atoms with E-state index in [9.17, 15) is 13.6 Å². The Morgan fingerprint density at radius 2 is 1.91 bits per heavy atom. The van der Waals surface area contributed by atoms with Gasteiger partial charge in [-0.2, -0.15) is 13.9 Å². The van der Waals surface area contributed by atoms with Gasteiger partial charge in [-0.15, -0.1) is 15.0 Å². The number of nitrogens with zero attached hydrogens (tertiary/aromatic N) is 6. The van der Waals surface area contributed by atoms with Crippen LogP contribution in [0.1, 0.15) is 17.4 Å². The maximum Gasteiger partial charge on any atom is 0.387 e. The molecule has 0 bridgehead atoms. The van der Waals surface area contributed by atoms with Gasteiger partial charge in [-0.3, -0.25) is 4.79 Å². The number of amides is 1. The number of tetrazole rings is 1. The first-order valence-electron chi connectivity index (χ1n) is 9.91. The minimum atomic E-state index is -2.99. The van der Waals surface area contributed by atoms with Crippen LogP contribution < -0.4 is 14.8 Å². The zero-order chi connectivity index (χ0) is 23.2. The van der Waals surface area contributed by atoms with Crippen LogP contribution in [-0.4, -0.2) is 49.1 Å². The Balaban J connectivity index is 1.42. The van der Waals surface area contributed by atoms with Crippen LogP contribution in [0.3, 0.4) is 0 Å². The van der Waals surface area contributed by atoms with Gasteiger partial charge in [0, 0.05) is 23.5 Å². The molecule has 4 aromatic rings. The fourth-order valence-electron chi connectivity index (χ4n) is 2.94. The zero-order valence-corrected chi connectivity index (χ0v) is 17.4. The predicted molar refractivity (Wildman–Crippen MR) is 113 cm³/mol. The molecule has 12 heteroatoms. The van der Waals surface area contributed by atoms with Crippen LogP contribution in [0, 0.1) is 0 Å². The van der Waals surface area contributed by atoms with Gasteiger partial charge < -0.3 is 14.8 Å². The summed E-state index contributed by atoms with van der Waals surface area (Å²) in [5, 5.41) is 19.2. The molecule has 0 spiro atoms. The molecule has 2 heterocycles. The van der Waals surface area contributed by atoms with E-state index in [0.29, 0.717) is 11.5 Å². The average molecular weight is 455 g/mol. The Kier molecular flexibility index (Phi) is 6.53. The summed E-state index contributed by atoms with van der Waals surface area (Å²) in [5.41, 5.74) is 1.31. The lowest BCUT2D eigenvalue weighted by Crippen LogP contribution is -2.16. The van der Waals surface area contributed by atoms with Gasteiger partial charge >= 0.3 is 6.61 Å². The third kappa shape index (κ3) is 5.47. The Labute approximate surface area is 186 Å². The number of carbonyl (C=O) groups excluding carboxylic acids is 1. The first kappa shape index (κ1) is 21.9. The van der Waals surface area contributed by atoms with Gasteiger partial charge in [0.1, 0.15) is 0 Å². The summed E-state index contributed by atoms with van der Waals surface area (Å²) in [7, 11) is 0. The van der Waals surface area contributed by atoms with Gasteiger partial charge in [-0.25, -0.2) is 4.68 Å². The molecule has 0 unspecified atom stereocenters. The van der Waals surface area contributed by atoms with Crippen molar-refractivity contribution in [1.29, 1.82) is 0 Å². The summed E-state index contributed by atoms with van der Waals surface area (Å²) in [5.74, 6) is -0.0442. The van der Waals surface area contributed by atoms with E-state index in [2.05, 4.69) is 30.6 Å². The number of hydrogen-bond acceptors (Lipinski definition) is 7. The zero-order valence-electron chi connectivity index (χ0n) is 17.4. The Hall–Kier alpha value is -4.35. The molecule has 170 valence electrons. The minimum absolute atomic E-state index is 0.0904. The molecular weight excluding hydrogens is 436 g/mol. The Morgan fingerprint density at radius 3 is 2.67 bits per heavy atom. The van der Waals surface area contributed by atoms with E-state index in [1.807, 2.05) is 30.3 Å². The second-order valence-electron chi connectivity index (χ2n) is 6.66. The van der Waals surface area contributed by atoms with Crippen molar-refractivity contribution in [2.75, 3.05) is 11.9 Å². The molecule has 0 saturated carbocycles. The second kappa shape index (κ2) is 9.85. The fraction of sp³-hybridized carbons (Fsp3) is 0.190. The van der Waals surface area contributed by atoms with Gasteiger partial charge in [-0.05, 0) is 30.3 Å². The molecule has 33 heavy (non-hydrogen) atoms. The van der Waals surface area contributed by atoms with Crippen molar-refractivity contribution in [2.45, 2.75) is 20.2 Å². The number of aromatic nitrogens is 6. The largest absolute Gasteiger partial charge is 0.490 e. The van der Waals surface area contributed by atoms with E-state index in [4.69, 9.17) is 4.74 Å². The average Bonchev–Trinajstić information content (AvgIpc) is 3.46. The van der Waals surface area contributed by atoms with Crippen LogP contribution in [-0.2, 0) is 6.67 Å². The predicted octanol–water partition coefficient (Wildman–Crippen LogP) is 3.29. The highest BCUT2D eigenvalue weighted by molar-refractivity contribution is 6.02. The standard InChI is InChI=1S/C21H19F2N7O3/c1-2-32-18-12-15(8-9-17(18)33-21(22)23)24-20(31)16-10-11-29(26-16)13-30-27-19(25-28-30)14-6-4-3-5-7-14/h3-12,21H,2,13H2,1H3,(H,24,31). The summed E-state index contributed by atoms with van der Waals surface area (Å²) in [6.07, 6.45) is 1.60. The molecule has 0 radical (unpaired) electrons. The lowest BCUT2D eigenvalue weighted by Gasteiger charge is -2.13. The van der Waals surface area contributed by atoms with Gasteiger partial charge in [0.05, 0.1) is 6.61 Å². The third-order valence-electron chi connectivity index (χ3n) is 4.35. The smallest absolute Gasteiger partial charge is 0.387 e. The number of anilines is 1. The quantitative estimate of drug-likeness (QED) is 0.412. The van der Waals surface area contributed by atoms with Crippen LogP contribution in [0.5, 0.6) is 11.5 Å². The van der Waals surface area contributed by atoms with Crippen molar-refractivity contribution in [3.8, 4) is 22.9 Å². The van der Waals surface area contributed by atoms with Crippen LogP contribution in [0.25, 0.3) is 11.4 Å². The topological polar surface area (TPSA) is 109 Å². The molecule has 2 aromatic carbocycles. The maximum atomic E-state index is 12.6. The summed E-state index contributed by atoms with van der Waals surface area (Å²) in [6.45, 7) is -0.890. The number of benzene rings is 2. The number of rotatable bonds is 9. The molecule has 10 nitrogen and oxygen atoms in total. The van der Waals surface area contributed by atoms with Crippen molar-refractivity contribution in [1.82, 2.24) is 30.0 Å². The maximum absolute atomic E-state index is 12.6. The fourth-order valence-corrected chi connectivity index (χ4v) is 2.94. The van der Waals surface area contributed by atoms with Gasteiger partial charge in [0.2, 0.25) is 5.82 Å². The number of ether oxygens (including phenoxy) is 2. The van der Waals surface area contributed by atoms with Crippen molar-refractivity contribution < 1.29 is 23.0 Å². The van der Waals surface area contributed by atoms with Gasteiger partial charge in [-0.1, -0.05) is 30.3 Å². The molecule has 0 aliphatic rings. The summed E-state index contributed by atoms with van der Waals surface area (Å²) < 4.78 is 36.3. The third-order valence-corrected chi connectivity index (χ3v) is 4.35. The monoisotopic (exact) mass is 455 g/mol. The van der Waals surface area contributed by atoms with Crippen LogP contribution in [0.2, 0.25) is 0 Å². The number of hydrogen-bond donors (Lipinski definition) is 1. The number of halogens is 2. The molecule has 1 N–H and O–H groups in total.